The van der Waals surface area contributed by atoms with E-state index in [-0.39, 0.29) is 54.0 Å². The Morgan fingerprint density at radius 1 is 0.768 bits per heavy atom. The van der Waals surface area contributed by atoms with Gasteiger partial charge in [0.2, 0.25) is 29.5 Å². The predicted molar refractivity (Wildman–Crippen MR) is 328 cm³/mol. The van der Waals surface area contributed by atoms with Crippen LogP contribution >= 0.6 is 22.7 Å². The zero-order chi connectivity index (χ0) is 70.1. The van der Waals surface area contributed by atoms with E-state index in [0.29, 0.717) is 35.2 Å². The maximum Gasteiger partial charge on any atom is 0.404 e. The molecule has 2 aliphatic rings. The van der Waals surface area contributed by atoms with Crippen molar-refractivity contribution in [1.29, 1.82) is 0 Å². The van der Waals surface area contributed by atoms with E-state index in [1.165, 1.54) is 50.4 Å². The average Bonchev–Trinajstić information content (AvgIpc) is 1.21. The van der Waals surface area contributed by atoms with Crippen molar-refractivity contribution in [3.63, 3.8) is 0 Å². The van der Waals surface area contributed by atoms with Crippen molar-refractivity contribution in [3.8, 4) is 10.7 Å². The lowest BCUT2D eigenvalue weighted by Crippen LogP contribution is -2.65. The highest BCUT2D eigenvalue weighted by Gasteiger charge is 2.54. The highest BCUT2D eigenvalue weighted by molar-refractivity contribution is 7.14. The number of imidazole rings is 1. The number of nitrogens with zero attached hydrogens (tertiary/aromatic N) is 5. The fourth-order valence-electron chi connectivity index (χ4n) is 9.71. The molecule has 0 aliphatic carbocycles. The fourth-order valence-corrected chi connectivity index (χ4v) is 11.3. The van der Waals surface area contributed by atoms with Gasteiger partial charge in [0.15, 0.2) is 18.7 Å². The molecule has 6 rings (SSSR count). The maximum absolute atomic E-state index is 15.2. The van der Waals surface area contributed by atoms with E-state index in [1.54, 1.807) is 10.8 Å². The molecule has 2 fully saturated rings. The number of amides is 8. The number of hydrogen-bond acceptors (Lipinski definition) is 32. The first kappa shape index (κ1) is 76.3. The van der Waals surface area contributed by atoms with Crippen LogP contribution in [0, 0.1) is 12.8 Å². The van der Waals surface area contributed by atoms with Crippen LogP contribution in [0.5, 0.6) is 0 Å². The first-order chi connectivity index (χ1) is 45.0. The summed E-state index contributed by atoms with van der Waals surface area (Å²) in [7, 11) is 0. The van der Waals surface area contributed by atoms with E-state index < -0.39 is 183 Å². The average molecular weight is 1380 g/mol. The Bertz CT molecular complexity index is 3240. The van der Waals surface area contributed by atoms with Crippen LogP contribution in [0.3, 0.4) is 0 Å². The van der Waals surface area contributed by atoms with Crippen molar-refractivity contribution in [2.45, 2.75) is 163 Å². The topological polar surface area (TPSA) is 653 Å². The van der Waals surface area contributed by atoms with Gasteiger partial charge in [-0.1, -0.05) is 6.92 Å². The number of nitrogens with two attached hydrogens (primary N) is 6. The van der Waals surface area contributed by atoms with Gasteiger partial charge in [0.1, 0.15) is 94.6 Å². The van der Waals surface area contributed by atoms with E-state index in [4.69, 9.17) is 58.1 Å². The van der Waals surface area contributed by atoms with Gasteiger partial charge in [-0.25, -0.2) is 29.7 Å². The molecule has 526 valence electrons. The zero-order valence-corrected chi connectivity index (χ0v) is 53.4. The minimum atomic E-state index is -2.20. The highest BCUT2D eigenvalue weighted by Crippen LogP contribution is 2.35. The first-order valence-corrected chi connectivity index (χ1v) is 31.4. The lowest BCUT2D eigenvalue weighted by atomic mass is 9.96. The van der Waals surface area contributed by atoms with Crippen LogP contribution in [-0.4, -0.2) is 255 Å². The molecule has 6 heterocycles. The molecule has 0 saturated carbocycles. The summed E-state index contributed by atoms with van der Waals surface area (Å²) in [6.45, 7) is 3.57. The van der Waals surface area contributed by atoms with E-state index in [9.17, 15) is 74.4 Å². The van der Waals surface area contributed by atoms with Gasteiger partial charge < -0.3 is 136 Å². The Morgan fingerprint density at radius 3 is 2.09 bits per heavy atom. The number of H-pyrrole nitrogens is 1. The molecule has 0 spiro atoms. The number of primary amides is 3. The molecule has 0 radical (unpaired) electrons. The van der Waals surface area contributed by atoms with E-state index >= 15 is 4.79 Å². The van der Waals surface area contributed by atoms with Crippen LogP contribution in [0.1, 0.15) is 95.2 Å². The second kappa shape index (κ2) is 35.3. The Morgan fingerprint density at radius 2 is 1.46 bits per heavy atom. The number of unbranched alkanes of at least 4 members (excludes halogenated alkanes) is 1. The molecule has 19 unspecified atom stereocenters. The molecular formula is C54H82N18O21S2. The summed E-state index contributed by atoms with van der Waals surface area (Å²) in [6, 6.07) is -7.86. The van der Waals surface area contributed by atoms with Crippen molar-refractivity contribution in [1.82, 2.24) is 61.8 Å². The fraction of sp³-hybridized carbons (Fsp3) is 0.611. The molecule has 0 bridgehead atoms. The number of anilines is 1. The van der Waals surface area contributed by atoms with Crippen molar-refractivity contribution in [3.05, 3.63) is 56.8 Å². The maximum atomic E-state index is 15.2. The SMILES string of the molecule is Cc1c(N)nc(C(CC(N)=O)NCC(N)C(N)=O)nc1C(=O)NC(C(=O)NC(C)C(O)C(C)C(=O)NC(C(=O)NCCc1nc(-c2nc(C(=O)NCCCCN)cs2)cs1)C(C)O)C(OC1OC(CO)C(O)C(O)C1OC1OC(CO)C(O)C(OC(N)=O)C1O)c1cnc[nH]1. The Labute approximate surface area is 549 Å². The summed E-state index contributed by atoms with van der Waals surface area (Å²) < 4.78 is 28.7. The summed E-state index contributed by atoms with van der Waals surface area (Å²) in [6.07, 6.45) is -23.7. The molecule has 2 saturated heterocycles. The number of nitrogens with one attached hydrogen (secondary N) is 7. The molecule has 41 heteroatoms. The third-order valence-electron chi connectivity index (χ3n) is 15.2. The number of aromatic nitrogens is 6. The molecule has 0 aromatic carbocycles. The molecule has 95 heavy (non-hydrogen) atoms. The normalized spacial score (nSPS) is 24.1. The Hall–Kier alpha value is -7.69. The number of ether oxygens (including phenoxy) is 5. The molecule has 27 N–H and O–H groups in total. The summed E-state index contributed by atoms with van der Waals surface area (Å²) >= 11 is 2.49. The number of thiazole rings is 2. The zero-order valence-electron chi connectivity index (χ0n) is 51.8. The lowest BCUT2D eigenvalue weighted by Gasteiger charge is -2.47. The Balaban J connectivity index is 1.27. The number of nitrogen functional groups attached to an aromatic ring is 1. The largest absolute Gasteiger partial charge is 0.441 e. The predicted octanol–water partition coefficient (Wildman–Crippen LogP) is -8.23. The van der Waals surface area contributed by atoms with E-state index in [1.807, 2.05) is 0 Å². The second-order valence-electron chi connectivity index (χ2n) is 22.3. The molecule has 4 aromatic rings. The second-order valence-corrected chi connectivity index (χ2v) is 24.1. The summed E-state index contributed by atoms with van der Waals surface area (Å²) in [5.41, 5.74) is 33.5. The summed E-state index contributed by atoms with van der Waals surface area (Å²) in [5, 5.41) is 108. The van der Waals surface area contributed by atoms with Gasteiger partial charge in [-0.05, 0) is 40.2 Å². The van der Waals surface area contributed by atoms with Crippen LogP contribution in [-0.2, 0) is 54.1 Å². The molecule has 39 nitrogen and oxygen atoms in total. The van der Waals surface area contributed by atoms with Gasteiger partial charge in [-0.3, -0.25) is 33.6 Å². The van der Waals surface area contributed by atoms with Gasteiger partial charge in [0, 0.05) is 48.8 Å². The number of aliphatic hydroxyl groups excluding tert-OH is 8. The number of rotatable bonds is 35. The monoisotopic (exact) mass is 1380 g/mol. The number of aromatic amines is 1. The lowest BCUT2D eigenvalue weighted by molar-refractivity contribution is -0.372. The van der Waals surface area contributed by atoms with Gasteiger partial charge >= 0.3 is 6.09 Å². The first-order valence-electron chi connectivity index (χ1n) is 29.6. The smallest absolute Gasteiger partial charge is 0.404 e. The molecule has 2 aliphatic heterocycles. The molecular weight excluding hydrogens is 1300 g/mol. The standard InChI is InChI=1S/C54H82N18O21S2/c1-19-32(69-45(72-43(19)58)24(11-30(57)76)64-12-23(56)44(59)82)49(86)71-34(40(25-13-61-18-65-25)91-53-42(38(80)36(78)28(14-73)90-53)92-52-39(81)41(93-54(60)88)37(79)29(15-74)89-52)50(87)66-21(3)35(77)20(2)46(83)70-33(22(4)75)48(85)63-10-7-31-67-27(17-94-31)51-68-26(16-95-51)47(84)62-9-6-5-8-55/h13,16-18,20-24,28-29,33-42,52-53,64,73-75,77-81H,5-12,14-15,55-56H2,1-4H3,(H2,57,76)(H2,59,82)(H2,60,88)(H,61,65)(H,62,84)(H,63,85)(H,66,87)(H,70,83)(H,71,86)(H2,58,69,72). The van der Waals surface area contributed by atoms with Crippen LogP contribution < -0.4 is 66.3 Å². The third-order valence-corrected chi connectivity index (χ3v) is 17.0. The van der Waals surface area contributed by atoms with Gasteiger partial charge in [-0.15, -0.1) is 22.7 Å². The van der Waals surface area contributed by atoms with Crippen LogP contribution in [0.25, 0.3) is 10.7 Å². The number of carbonyl (C=O) groups is 8. The highest BCUT2D eigenvalue weighted by atomic mass is 32.1. The summed E-state index contributed by atoms with van der Waals surface area (Å²) in [4.78, 5) is 130. The van der Waals surface area contributed by atoms with Crippen molar-refractivity contribution < 1.29 is 103 Å². The minimum absolute atomic E-state index is 0.0131. The molecule has 19 atom stereocenters. The molecule has 8 amide bonds. The van der Waals surface area contributed by atoms with Crippen molar-refractivity contribution in [2.75, 3.05) is 45.1 Å². The molecule has 4 aromatic heterocycles. The minimum Gasteiger partial charge on any atom is -0.441 e. The van der Waals surface area contributed by atoms with Gasteiger partial charge in [-0.2, -0.15) is 0 Å². The summed E-state index contributed by atoms with van der Waals surface area (Å²) in [5.74, 6) is -8.75. The van der Waals surface area contributed by atoms with Crippen LogP contribution in [0.4, 0.5) is 10.6 Å². The van der Waals surface area contributed by atoms with Gasteiger partial charge in [0.25, 0.3) is 11.8 Å². The number of hydrogen-bond donors (Lipinski definition) is 21. The van der Waals surface area contributed by atoms with E-state index in [2.05, 4.69) is 61.8 Å². The quantitative estimate of drug-likeness (QED) is 0.0190. The Kier molecular flexibility index (Phi) is 28.4. The van der Waals surface area contributed by atoms with E-state index in [0.717, 1.165) is 18.9 Å². The number of carbonyl (C=O) groups excluding carboxylic acids is 8. The van der Waals surface area contributed by atoms with Crippen molar-refractivity contribution >= 4 is 75.9 Å². The van der Waals surface area contributed by atoms with Crippen LogP contribution in [0.15, 0.2) is 23.3 Å². The van der Waals surface area contributed by atoms with Crippen molar-refractivity contribution in [2.24, 2.45) is 34.6 Å². The third kappa shape index (κ3) is 20.2. The van der Waals surface area contributed by atoms with Crippen LogP contribution in [0.2, 0.25) is 0 Å². The van der Waals surface area contributed by atoms with Gasteiger partial charge in [0.05, 0.1) is 72.7 Å². The number of aliphatic hydroxyl groups is 8.